The van der Waals surface area contributed by atoms with E-state index >= 15 is 0 Å². The summed E-state index contributed by atoms with van der Waals surface area (Å²) >= 11 is 0. The molecule has 4 heterocycles. The van der Waals surface area contributed by atoms with Crippen LogP contribution in [0.3, 0.4) is 0 Å². The number of nitrogens with zero attached hydrogens (tertiary/aromatic N) is 4. The third-order valence-corrected chi connectivity index (χ3v) is 22.5. The van der Waals surface area contributed by atoms with Crippen LogP contribution in [0.2, 0.25) is 0 Å². The Morgan fingerprint density at radius 2 is 0.464 bits per heavy atom. The van der Waals surface area contributed by atoms with E-state index in [0.29, 0.717) is 0 Å². The van der Waals surface area contributed by atoms with E-state index in [9.17, 15) is 0 Å². The number of hydrogen-bond donors (Lipinski definition) is 0. The molecule has 22 rings (SSSR count). The summed E-state index contributed by atoms with van der Waals surface area (Å²) < 4.78 is 4.84. The molecule has 110 heavy (non-hydrogen) atoms. The van der Waals surface area contributed by atoms with E-state index in [2.05, 4.69) is 410 Å². The fourth-order valence-electron chi connectivity index (χ4n) is 17.4. The highest BCUT2D eigenvalue weighted by atomic mass is 15.0. The average molecular weight is 1400 g/mol. The molecule has 0 amide bonds. The minimum atomic E-state index is 0.966. The Balaban J connectivity index is 0.000000140. The van der Waals surface area contributed by atoms with Crippen LogP contribution in [0.4, 0.5) is 0 Å². The number of para-hydroxylation sites is 2. The summed E-state index contributed by atoms with van der Waals surface area (Å²) in [5.41, 5.74) is 25.7. The zero-order valence-electron chi connectivity index (χ0n) is 60.0. The number of hydrogen-bond acceptors (Lipinski definition) is 2. The smallest absolute Gasteiger partial charge is 0.0714 e. The molecule has 22 aromatic rings. The summed E-state index contributed by atoms with van der Waals surface area (Å²) in [5, 5.41) is 19.7. The first-order chi connectivity index (χ1) is 54.6. The molecule has 4 aromatic heterocycles. The van der Waals surface area contributed by atoms with Crippen molar-refractivity contribution in [2.45, 2.75) is 0 Å². The van der Waals surface area contributed by atoms with Crippen LogP contribution in [0.25, 0.3) is 209 Å². The molecule has 0 saturated heterocycles. The van der Waals surface area contributed by atoms with Gasteiger partial charge in [-0.15, -0.1) is 0 Å². The lowest BCUT2D eigenvalue weighted by molar-refractivity contribution is 1.19. The fourth-order valence-corrected chi connectivity index (χ4v) is 17.4. The van der Waals surface area contributed by atoms with Gasteiger partial charge in [-0.1, -0.05) is 346 Å². The molecule has 0 aliphatic heterocycles. The predicted octanol–water partition coefficient (Wildman–Crippen LogP) is 28.6. The first-order valence-electron chi connectivity index (χ1n) is 37.8. The van der Waals surface area contributed by atoms with Gasteiger partial charge in [0.1, 0.15) is 0 Å². The molecule has 4 nitrogen and oxygen atoms in total. The average Bonchev–Trinajstić information content (AvgIpc) is 0.853. The van der Waals surface area contributed by atoms with Gasteiger partial charge in [0.25, 0.3) is 0 Å². The standard InChI is InChI=1S/2C53H34N2/c1-3-13-35(14-4-1)36-23-25-38(26-24-36)51-44-19-9-11-21-46(44)52(47-22-12-10-20-45(47)51)49-32-29-40(34-54-49)39-28-30-43-48-31-27-37-15-7-8-18-42(37)53(48)55(50(43)33-39)41-16-5-2-6-17-41;1-3-13-35(14-4-1)36-23-25-38(26-24-36)51-43-19-9-11-21-45(43)52(46-22-12-10-20-44(46)51)49-31-28-40(34-54-49)39-29-32-50-48(33-39)47-30-27-37-15-7-8-18-42(37)53(47)55(50)41-16-5-2-6-17-41/h2*1-34H. The van der Waals surface area contributed by atoms with Gasteiger partial charge in [0.2, 0.25) is 0 Å². The zero-order valence-corrected chi connectivity index (χ0v) is 60.0. The molecule has 0 N–H and O–H groups in total. The molecule has 4 heteroatoms. The molecule has 0 aliphatic rings. The van der Waals surface area contributed by atoms with E-state index in [1.54, 1.807) is 0 Å². The normalized spacial score (nSPS) is 11.6. The van der Waals surface area contributed by atoms with Crippen LogP contribution in [0, 0.1) is 0 Å². The van der Waals surface area contributed by atoms with Crippen molar-refractivity contribution in [3.63, 3.8) is 0 Å². The van der Waals surface area contributed by atoms with Crippen LogP contribution < -0.4 is 0 Å². The van der Waals surface area contributed by atoms with E-state index < -0.39 is 0 Å². The number of benzene rings is 18. The first-order valence-corrected chi connectivity index (χ1v) is 37.8. The molecule has 0 fully saturated rings. The second-order valence-electron chi connectivity index (χ2n) is 28.6. The quantitative estimate of drug-likeness (QED) is 0.128. The monoisotopic (exact) mass is 1400 g/mol. The third-order valence-electron chi connectivity index (χ3n) is 22.5. The van der Waals surface area contributed by atoms with Gasteiger partial charge < -0.3 is 9.13 Å². The summed E-state index contributed by atoms with van der Waals surface area (Å²) in [6, 6.07) is 145. The molecular formula is C106H68N4. The molecule has 0 bridgehead atoms. The number of rotatable bonds is 10. The van der Waals surface area contributed by atoms with Gasteiger partial charge in [0.05, 0.1) is 33.5 Å². The zero-order chi connectivity index (χ0) is 72.6. The third kappa shape index (κ3) is 10.8. The van der Waals surface area contributed by atoms with E-state index in [4.69, 9.17) is 9.97 Å². The maximum absolute atomic E-state index is 5.21. The summed E-state index contributed by atoms with van der Waals surface area (Å²) in [6.45, 7) is 0. The Morgan fingerprint density at radius 1 is 0.164 bits per heavy atom. The van der Waals surface area contributed by atoms with E-state index in [0.717, 1.165) is 56.1 Å². The van der Waals surface area contributed by atoms with E-state index in [1.807, 2.05) is 12.4 Å². The van der Waals surface area contributed by atoms with Crippen molar-refractivity contribution in [3.05, 3.63) is 413 Å². The highest BCUT2D eigenvalue weighted by Gasteiger charge is 2.23. The second kappa shape index (κ2) is 26.8. The van der Waals surface area contributed by atoms with Gasteiger partial charge in [0, 0.05) is 78.3 Å². The molecule has 512 valence electrons. The van der Waals surface area contributed by atoms with Crippen molar-refractivity contribution in [3.8, 4) is 101 Å². The van der Waals surface area contributed by atoms with Gasteiger partial charge in [-0.05, 0) is 164 Å². The van der Waals surface area contributed by atoms with Crippen molar-refractivity contribution in [1.82, 2.24) is 19.1 Å². The molecule has 0 saturated carbocycles. The van der Waals surface area contributed by atoms with Crippen molar-refractivity contribution in [2.24, 2.45) is 0 Å². The van der Waals surface area contributed by atoms with Crippen LogP contribution in [0.5, 0.6) is 0 Å². The lowest BCUT2D eigenvalue weighted by Crippen LogP contribution is -1.94. The maximum Gasteiger partial charge on any atom is 0.0714 e. The van der Waals surface area contributed by atoms with Gasteiger partial charge in [0.15, 0.2) is 0 Å². The second-order valence-corrected chi connectivity index (χ2v) is 28.6. The van der Waals surface area contributed by atoms with Gasteiger partial charge in [-0.25, -0.2) is 0 Å². The molecule has 18 aromatic carbocycles. The molecule has 0 spiro atoms. The lowest BCUT2D eigenvalue weighted by Gasteiger charge is -2.17. The largest absolute Gasteiger partial charge is 0.309 e. The Labute approximate surface area is 636 Å². The van der Waals surface area contributed by atoms with Gasteiger partial charge >= 0.3 is 0 Å². The van der Waals surface area contributed by atoms with Crippen molar-refractivity contribution in [2.75, 3.05) is 0 Å². The van der Waals surface area contributed by atoms with Crippen LogP contribution in [0.1, 0.15) is 0 Å². The van der Waals surface area contributed by atoms with Gasteiger partial charge in [-0.3, -0.25) is 9.97 Å². The number of fused-ring (bicyclic) bond motifs is 14. The minimum Gasteiger partial charge on any atom is -0.309 e. The van der Waals surface area contributed by atoms with Crippen molar-refractivity contribution < 1.29 is 0 Å². The molecule has 0 atom stereocenters. The van der Waals surface area contributed by atoms with Crippen LogP contribution in [0.15, 0.2) is 413 Å². The Kier molecular flexibility index (Phi) is 15.5. The fraction of sp³-hybridized carbons (Fsp3) is 0. The number of pyridine rings is 2. The highest BCUT2D eigenvalue weighted by molar-refractivity contribution is 6.24. The Bertz CT molecular complexity index is 7160. The molecular weight excluding hydrogens is 1330 g/mol. The molecule has 0 aliphatic carbocycles. The van der Waals surface area contributed by atoms with Crippen LogP contribution in [-0.4, -0.2) is 19.1 Å². The van der Waals surface area contributed by atoms with E-state index in [1.165, 1.54) is 153 Å². The summed E-state index contributed by atoms with van der Waals surface area (Å²) in [7, 11) is 0. The SMILES string of the molecule is c1ccc(-c2ccc(-c3c4ccccc4c(-c4ccc(-c5ccc6c(c5)c5ccc7ccccc7c5n6-c5ccccc5)cn4)c4ccccc34)cc2)cc1.c1ccc(-c2ccc(-c3c4ccccc4c(-c4ccc(-c5ccc6c7ccc8ccccc8c7n(-c7ccccc7)c6c5)cn4)c4ccccc34)cc2)cc1. The van der Waals surface area contributed by atoms with E-state index in [-0.39, 0.29) is 0 Å². The molecule has 0 unspecified atom stereocenters. The topological polar surface area (TPSA) is 35.6 Å². The Hall–Kier alpha value is -14.6. The first kappa shape index (κ1) is 63.9. The molecule has 0 radical (unpaired) electrons. The van der Waals surface area contributed by atoms with Crippen molar-refractivity contribution in [1.29, 1.82) is 0 Å². The van der Waals surface area contributed by atoms with Crippen LogP contribution in [-0.2, 0) is 0 Å². The van der Waals surface area contributed by atoms with Crippen molar-refractivity contribution >= 4 is 108 Å². The lowest BCUT2D eigenvalue weighted by atomic mass is 9.87. The summed E-state index contributed by atoms with van der Waals surface area (Å²) in [5.74, 6) is 0. The van der Waals surface area contributed by atoms with Gasteiger partial charge in [-0.2, -0.15) is 0 Å². The highest BCUT2D eigenvalue weighted by Crippen LogP contribution is 2.48. The Morgan fingerprint density at radius 3 is 0.873 bits per heavy atom. The van der Waals surface area contributed by atoms with Crippen LogP contribution >= 0.6 is 0 Å². The minimum absolute atomic E-state index is 0.966. The maximum atomic E-state index is 5.21. The number of aromatic nitrogens is 4. The summed E-state index contributed by atoms with van der Waals surface area (Å²) in [6.07, 6.45) is 4.09. The summed E-state index contributed by atoms with van der Waals surface area (Å²) in [4.78, 5) is 10.4. The predicted molar refractivity (Wildman–Crippen MR) is 466 cm³/mol.